The second kappa shape index (κ2) is 7.45. The molecule has 0 saturated carbocycles. The smallest absolute Gasteiger partial charge is 0.248 e. The molecule has 0 atom stereocenters. The van der Waals surface area contributed by atoms with E-state index in [4.69, 9.17) is 5.73 Å². The Morgan fingerprint density at radius 2 is 1.88 bits per heavy atom. The van der Waals surface area contributed by atoms with Gasteiger partial charge in [0, 0.05) is 36.9 Å². The lowest BCUT2D eigenvalue weighted by atomic mass is 10.0. The second-order valence-corrected chi connectivity index (χ2v) is 6.27. The highest BCUT2D eigenvalue weighted by Gasteiger charge is 2.19. The lowest BCUT2D eigenvalue weighted by molar-refractivity contribution is 0.1000. The molecule has 1 aliphatic rings. The summed E-state index contributed by atoms with van der Waals surface area (Å²) >= 11 is 0. The lowest BCUT2D eigenvalue weighted by Crippen LogP contribution is -2.38. The number of rotatable bonds is 5. The first-order valence-corrected chi connectivity index (χ1v) is 8.23. The van der Waals surface area contributed by atoms with Gasteiger partial charge in [0.15, 0.2) is 0 Å². The quantitative estimate of drug-likeness (QED) is 0.887. The molecule has 0 aliphatic carbocycles. The average molecular weight is 327 g/mol. The molecule has 1 fully saturated rings. The molecule has 1 saturated heterocycles. The van der Waals surface area contributed by atoms with Gasteiger partial charge in [-0.05, 0) is 54.8 Å². The van der Waals surface area contributed by atoms with Crippen LogP contribution in [0.2, 0.25) is 0 Å². The first-order chi connectivity index (χ1) is 11.6. The molecule has 126 valence electrons. The summed E-state index contributed by atoms with van der Waals surface area (Å²) in [5.41, 5.74) is 7.96. The van der Waals surface area contributed by atoms with Crippen molar-refractivity contribution in [2.75, 3.05) is 18.4 Å². The summed E-state index contributed by atoms with van der Waals surface area (Å²) in [6, 6.07) is 14.4. The highest BCUT2D eigenvalue weighted by Crippen LogP contribution is 2.19. The molecule has 1 amide bonds. The fourth-order valence-corrected chi connectivity index (χ4v) is 3.10. The van der Waals surface area contributed by atoms with Crippen molar-refractivity contribution in [1.82, 2.24) is 4.90 Å². The number of hydrogen-bond acceptors (Lipinski definition) is 3. The van der Waals surface area contributed by atoms with Crippen molar-refractivity contribution in [1.29, 1.82) is 0 Å². The molecule has 2 aromatic carbocycles. The number of hydrogen-bond donors (Lipinski definition) is 2. The van der Waals surface area contributed by atoms with E-state index in [9.17, 15) is 9.18 Å². The molecule has 0 unspecified atom stereocenters. The average Bonchev–Trinajstić information content (AvgIpc) is 2.59. The van der Waals surface area contributed by atoms with E-state index in [0.29, 0.717) is 11.6 Å². The van der Waals surface area contributed by atoms with Gasteiger partial charge in [-0.2, -0.15) is 0 Å². The molecule has 3 N–H and O–H groups in total. The van der Waals surface area contributed by atoms with Crippen LogP contribution in [-0.4, -0.2) is 29.9 Å². The lowest BCUT2D eigenvalue weighted by Gasteiger charge is -2.33. The van der Waals surface area contributed by atoms with Crippen molar-refractivity contribution in [3.05, 3.63) is 65.5 Å². The minimum atomic E-state index is -0.390. The maximum absolute atomic E-state index is 12.9. The summed E-state index contributed by atoms with van der Waals surface area (Å²) in [5, 5.41) is 3.46. The molecule has 1 aliphatic heterocycles. The van der Waals surface area contributed by atoms with Gasteiger partial charge in [0.05, 0.1) is 0 Å². The number of carbonyl (C=O) groups is 1. The fourth-order valence-electron chi connectivity index (χ4n) is 3.10. The predicted octanol–water partition coefficient (Wildman–Crippen LogP) is 3.00. The Balaban J connectivity index is 1.51. The summed E-state index contributed by atoms with van der Waals surface area (Å²) in [7, 11) is 0. The van der Waals surface area contributed by atoms with Crippen LogP contribution in [0.3, 0.4) is 0 Å². The van der Waals surface area contributed by atoms with E-state index in [1.807, 2.05) is 18.2 Å². The molecule has 0 radical (unpaired) electrons. The van der Waals surface area contributed by atoms with Gasteiger partial charge >= 0.3 is 0 Å². The van der Waals surface area contributed by atoms with Crippen LogP contribution in [-0.2, 0) is 6.54 Å². The molecular weight excluding hydrogens is 305 g/mol. The number of amides is 1. The highest BCUT2D eigenvalue weighted by atomic mass is 19.1. The van der Waals surface area contributed by atoms with E-state index in [0.717, 1.165) is 43.7 Å². The van der Waals surface area contributed by atoms with Crippen LogP contribution < -0.4 is 11.1 Å². The Bertz CT molecular complexity index is 694. The standard InChI is InChI=1S/C19H22FN3O/c20-16-4-6-17(7-5-16)22-18-8-10-23(11-9-18)13-14-2-1-3-15(12-14)19(21)24/h1-7,12,18,22H,8-11,13H2,(H2,21,24). The number of likely N-dealkylation sites (tertiary alicyclic amines) is 1. The van der Waals surface area contributed by atoms with Crippen molar-refractivity contribution in [3.8, 4) is 0 Å². The van der Waals surface area contributed by atoms with E-state index >= 15 is 0 Å². The van der Waals surface area contributed by atoms with Crippen molar-refractivity contribution in [2.45, 2.75) is 25.4 Å². The third kappa shape index (κ3) is 4.32. The Labute approximate surface area is 141 Å². The maximum atomic E-state index is 12.9. The van der Waals surface area contributed by atoms with Crippen molar-refractivity contribution in [2.24, 2.45) is 5.73 Å². The van der Waals surface area contributed by atoms with Gasteiger partial charge in [-0.15, -0.1) is 0 Å². The zero-order chi connectivity index (χ0) is 16.9. The van der Waals surface area contributed by atoms with Crippen molar-refractivity contribution in [3.63, 3.8) is 0 Å². The van der Waals surface area contributed by atoms with E-state index < -0.39 is 0 Å². The van der Waals surface area contributed by atoms with Gasteiger partial charge < -0.3 is 11.1 Å². The second-order valence-electron chi connectivity index (χ2n) is 6.27. The van der Waals surface area contributed by atoms with Gasteiger partial charge in [-0.3, -0.25) is 9.69 Å². The van der Waals surface area contributed by atoms with E-state index in [1.165, 1.54) is 12.1 Å². The Kier molecular flexibility index (Phi) is 5.11. The molecule has 3 rings (SSSR count). The minimum Gasteiger partial charge on any atom is -0.382 e. The van der Waals surface area contributed by atoms with Gasteiger partial charge in [-0.1, -0.05) is 12.1 Å². The minimum absolute atomic E-state index is 0.214. The number of carbonyl (C=O) groups excluding carboxylic acids is 1. The van der Waals surface area contributed by atoms with E-state index in [-0.39, 0.29) is 11.7 Å². The molecule has 2 aromatic rings. The number of piperidine rings is 1. The van der Waals surface area contributed by atoms with Crippen LogP contribution in [0.25, 0.3) is 0 Å². The Morgan fingerprint density at radius 3 is 2.54 bits per heavy atom. The number of halogens is 1. The molecule has 5 heteroatoms. The molecule has 0 aromatic heterocycles. The van der Waals surface area contributed by atoms with Crippen LogP contribution in [0.15, 0.2) is 48.5 Å². The summed E-state index contributed by atoms with van der Waals surface area (Å²) in [6.45, 7) is 2.80. The Morgan fingerprint density at radius 1 is 1.17 bits per heavy atom. The topological polar surface area (TPSA) is 58.4 Å². The number of nitrogens with two attached hydrogens (primary N) is 1. The summed E-state index contributed by atoms with van der Waals surface area (Å²) in [5.74, 6) is -0.604. The molecular formula is C19H22FN3O. The number of nitrogens with zero attached hydrogens (tertiary/aromatic N) is 1. The first kappa shape index (κ1) is 16.5. The largest absolute Gasteiger partial charge is 0.382 e. The predicted molar refractivity (Wildman–Crippen MR) is 93.3 cm³/mol. The zero-order valence-electron chi connectivity index (χ0n) is 13.5. The normalized spacial score (nSPS) is 16.0. The Hall–Kier alpha value is -2.40. The van der Waals surface area contributed by atoms with E-state index in [2.05, 4.69) is 10.2 Å². The highest BCUT2D eigenvalue weighted by molar-refractivity contribution is 5.92. The van der Waals surface area contributed by atoms with Gasteiger partial charge in [-0.25, -0.2) is 4.39 Å². The molecule has 0 spiro atoms. The zero-order valence-corrected chi connectivity index (χ0v) is 13.5. The number of benzene rings is 2. The first-order valence-electron chi connectivity index (χ1n) is 8.23. The molecule has 4 nitrogen and oxygen atoms in total. The summed E-state index contributed by atoms with van der Waals surface area (Å²) in [4.78, 5) is 13.6. The monoisotopic (exact) mass is 327 g/mol. The van der Waals surface area contributed by atoms with Crippen LogP contribution in [0.1, 0.15) is 28.8 Å². The van der Waals surface area contributed by atoms with Crippen LogP contribution in [0, 0.1) is 5.82 Å². The number of nitrogens with one attached hydrogen (secondary N) is 1. The third-order valence-corrected chi connectivity index (χ3v) is 4.42. The third-order valence-electron chi connectivity index (χ3n) is 4.42. The SMILES string of the molecule is NC(=O)c1cccc(CN2CCC(Nc3ccc(F)cc3)CC2)c1. The molecule has 1 heterocycles. The van der Waals surface area contributed by atoms with Crippen LogP contribution in [0.4, 0.5) is 10.1 Å². The maximum Gasteiger partial charge on any atom is 0.248 e. The van der Waals surface area contributed by atoms with Gasteiger partial charge in [0.25, 0.3) is 0 Å². The summed E-state index contributed by atoms with van der Waals surface area (Å²) in [6.07, 6.45) is 2.07. The van der Waals surface area contributed by atoms with Gasteiger partial charge in [0.2, 0.25) is 5.91 Å². The summed E-state index contributed by atoms with van der Waals surface area (Å²) < 4.78 is 12.9. The van der Waals surface area contributed by atoms with E-state index in [1.54, 1.807) is 18.2 Å². The molecule has 0 bridgehead atoms. The van der Waals surface area contributed by atoms with Gasteiger partial charge in [0.1, 0.15) is 5.82 Å². The number of anilines is 1. The number of primary amides is 1. The van der Waals surface area contributed by atoms with Crippen LogP contribution in [0.5, 0.6) is 0 Å². The van der Waals surface area contributed by atoms with Crippen LogP contribution >= 0.6 is 0 Å². The van der Waals surface area contributed by atoms with Crippen molar-refractivity contribution >= 4 is 11.6 Å². The van der Waals surface area contributed by atoms with Crippen molar-refractivity contribution < 1.29 is 9.18 Å². The molecule has 24 heavy (non-hydrogen) atoms. The fraction of sp³-hybridized carbons (Fsp3) is 0.316.